The molecular weight excluding hydrogens is 296 g/mol. The molecule has 7 heteroatoms. The van der Waals surface area contributed by atoms with E-state index in [2.05, 4.69) is 45.8 Å². The lowest BCUT2D eigenvalue weighted by atomic mass is 10.1. The van der Waals surface area contributed by atoms with Gasteiger partial charge in [0.2, 0.25) is 0 Å². The van der Waals surface area contributed by atoms with Crippen LogP contribution in [-0.2, 0) is 0 Å². The topological polar surface area (TPSA) is 61.4 Å². The maximum absolute atomic E-state index is 4.69. The number of thioether (sulfide) groups is 1. The van der Waals surface area contributed by atoms with E-state index in [9.17, 15) is 0 Å². The molecule has 0 aliphatic heterocycles. The average Bonchev–Trinajstić information content (AvgIpc) is 3.42. The fourth-order valence-corrected chi connectivity index (χ4v) is 3.89. The summed E-state index contributed by atoms with van der Waals surface area (Å²) in [5.41, 5.74) is 1.35. The molecule has 2 fully saturated rings. The van der Waals surface area contributed by atoms with Gasteiger partial charge >= 0.3 is 0 Å². The molecule has 2 aliphatic carbocycles. The first-order valence-electron chi connectivity index (χ1n) is 8.16. The summed E-state index contributed by atoms with van der Waals surface area (Å²) in [6.45, 7) is 6.65. The number of tetrazole rings is 1. The maximum atomic E-state index is 4.69. The predicted molar refractivity (Wildman–Crippen MR) is 84.9 cm³/mol. The van der Waals surface area contributed by atoms with Crippen molar-refractivity contribution in [1.82, 2.24) is 29.8 Å². The van der Waals surface area contributed by atoms with Crippen LogP contribution >= 0.6 is 11.8 Å². The molecule has 2 aliphatic rings. The molecular formula is C15H22N6S. The van der Waals surface area contributed by atoms with Crippen molar-refractivity contribution in [2.24, 2.45) is 0 Å². The van der Waals surface area contributed by atoms with Gasteiger partial charge in [0.05, 0.1) is 11.3 Å². The molecule has 0 bridgehead atoms. The normalized spacial score (nSPS) is 19.8. The van der Waals surface area contributed by atoms with E-state index in [0.717, 1.165) is 11.0 Å². The minimum absolute atomic E-state index is 0.218. The third kappa shape index (κ3) is 2.55. The highest BCUT2D eigenvalue weighted by Crippen LogP contribution is 2.44. The number of hydrogen-bond donors (Lipinski definition) is 0. The zero-order chi connectivity index (χ0) is 15.3. The third-order valence-electron chi connectivity index (χ3n) is 4.35. The molecule has 4 rings (SSSR count). The largest absolute Gasteiger partial charge is 0.320 e. The van der Waals surface area contributed by atoms with E-state index < -0.39 is 0 Å². The van der Waals surface area contributed by atoms with Crippen LogP contribution < -0.4 is 0 Å². The summed E-state index contributed by atoms with van der Waals surface area (Å²) in [6.07, 6.45) is 6.99. The summed E-state index contributed by atoms with van der Waals surface area (Å²) < 4.78 is 4.45. The van der Waals surface area contributed by atoms with Gasteiger partial charge < -0.3 is 4.57 Å². The summed E-state index contributed by atoms with van der Waals surface area (Å²) in [6, 6.07) is 1.16. The molecule has 0 saturated heterocycles. The molecule has 0 N–H and O–H groups in total. The van der Waals surface area contributed by atoms with Gasteiger partial charge in [-0.05, 0) is 49.0 Å². The molecule has 118 valence electrons. The Hall–Kier alpha value is -1.37. The van der Waals surface area contributed by atoms with Crippen molar-refractivity contribution >= 4 is 11.8 Å². The molecule has 22 heavy (non-hydrogen) atoms. The number of nitrogens with zero attached hydrogens (tertiary/aromatic N) is 6. The Morgan fingerprint density at radius 1 is 1.14 bits per heavy atom. The highest BCUT2D eigenvalue weighted by Gasteiger charge is 2.32. The maximum Gasteiger partial charge on any atom is 0.169 e. The van der Waals surface area contributed by atoms with Crippen molar-refractivity contribution in [3.8, 4) is 0 Å². The molecule has 2 aromatic rings. The standard InChI is InChI=1S/C15H22N6S/c1-9(2)13-8-16-15(20(13)11-4-5-11)22-10(3)14-17-18-19-21(14)12-6-7-12/h8-12H,4-7H2,1-3H3/t10-/m1/s1. The Morgan fingerprint density at radius 3 is 2.50 bits per heavy atom. The second-order valence-corrected chi connectivity index (χ2v) is 8.00. The van der Waals surface area contributed by atoms with Crippen molar-refractivity contribution in [2.45, 2.75) is 74.9 Å². The van der Waals surface area contributed by atoms with Crippen LogP contribution in [0.3, 0.4) is 0 Å². The average molecular weight is 318 g/mol. The highest BCUT2D eigenvalue weighted by atomic mass is 32.2. The molecule has 0 radical (unpaired) electrons. The first kappa shape index (κ1) is 14.2. The van der Waals surface area contributed by atoms with Crippen LogP contribution in [0.25, 0.3) is 0 Å². The van der Waals surface area contributed by atoms with E-state index in [1.165, 1.54) is 31.4 Å². The van der Waals surface area contributed by atoms with Gasteiger partial charge in [-0.15, -0.1) is 5.10 Å². The lowest BCUT2D eigenvalue weighted by Gasteiger charge is -2.15. The van der Waals surface area contributed by atoms with E-state index in [4.69, 9.17) is 0 Å². The minimum Gasteiger partial charge on any atom is -0.320 e. The minimum atomic E-state index is 0.218. The molecule has 2 aromatic heterocycles. The van der Waals surface area contributed by atoms with Crippen molar-refractivity contribution < 1.29 is 0 Å². The fraction of sp³-hybridized carbons (Fsp3) is 0.733. The van der Waals surface area contributed by atoms with Crippen LogP contribution in [0.1, 0.15) is 81.2 Å². The van der Waals surface area contributed by atoms with Gasteiger partial charge in [0.15, 0.2) is 11.0 Å². The summed E-state index contributed by atoms with van der Waals surface area (Å²) >= 11 is 1.78. The van der Waals surface area contributed by atoms with Crippen molar-refractivity contribution in [3.05, 3.63) is 17.7 Å². The third-order valence-corrected chi connectivity index (χ3v) is 5.43. The van der Waals surface area contributed by atoms with Crippen LogP contribution in [0.15, 0.2) is 11.4 Å². The number of hydrogen-bond acceptors (Lipinski definition) is 5. The SMILES string of the molecule is CC(C)c1cnc(S[C@H](C)c2nnnn2C2CC2)n1C1CC1. The van der Waals surface area contributed by atoms with E-state index in [0.29, 0.717) is 18.0 Å². The molecule has 1 atom stereocenters. The Balaban J connectivity index is 1.59. The molecule has 2 saturated carbocycles. The van der Waals surface area contributed by atoms with Gasteiger partial charge in [-0.3, -0.25) is 0 Å². The van der Waals surface area contributed by atoms with Crippen LogP contribution in [0.4, 0.5) is 0 Å². The Morgan fingerprint density at radius 2 is 1.86 bits per heavy atom. The Labute approximate surface area is 134 Å². The Kier molecular flexibility index (Phi) is 3.47. The monoisotopic (exact) mass is 318 g/mol. The number of aromatic nitrogens is 6. The summed E-state index contributed by atoms with van der Waals surface area (Å²) in [5, 5.41) is 13.6. The highest BCUT2D eigenvalue weighted by molar-refractivity contribution is 7.99. The lowest BCUT2D eigenvalue weighted by molar-refractivity contribution is 0.580. The van der Waals surface area contributed by atoms with Crippen LogP contribution in [0, 0.1) is 0 Å². The smallest absolute Gasteiger partial charge is 0.169 e. The van der Waals surface area contributed by atoms with E-state index >= 15 is 0 Å². The molecule has 2 heterocycles. The van der Waals surface area contributed by atoms with Gasteiger partial charge in [-0.1, -0.05) is 25.6 Å². The second-order valence-electron chi connectivity index (χ2n) is 6.69. The molecule has 0 unspecified atom stereocenters. The van der Waals surface area contributed by atoms with Crippen LogP contribution in [-0.4, -0.2) is 29.8 Å². The van der Waals surface area contributed by atoms with Gasteiger partial charge in [-0.2, -0.15) is 0 Å². The summed E-state index contributed by atoms with van der Waals surface area (Å²) in [7, 11) is 0. The van der Waals surface area contributed by atoms with E-state index in [1.54, 1.807) is 11.8 Å². The predicted octanol–water partition coefficient (Wildman–Crippen LogP) is 3.52. The quantitative estimate of drug-likeness (QED) is 0.763. The fourth-order valence-electron chi connectivity index (χ4n) is 2.83. The summed E-state index contributed by atoms with van der Waals surface area (Å²) in [5.74, 6) is 1.48. The number of imidazole rings is 1. The van der Waals surface area contributed by atoms with Crippen LogP contribution in [0.2, 0.25) is 0 Å². The van der Waals surface area contributed by atoms with Gasteiger partial charge in [0.1, 0.15) is 0 Å². The van der Waals surface area contributed by atoms with Gasteiger partial charge in [0.25, 0.3) is 0 Å². The molecule has 6 nitrogen and oxygen atoms in total. The van der Waals surface area contributed by atoms with Gasteiger partial charge in [-0.25, -0.2) is 9.67 Å². The van der Waals surface area contributed by atoms with Crippen molar-refractivity contribution in [3.63, 3.8) is 0 Å². The zero-order valence-corrected chi connectivity index (χ0v) is 14.1. The molecule has 0 aromatic carbocycles. The summed E-state index contributed by atoms with van der Waals surface area (Å²) in [4.78, 5) is 4.69. The van der Waals surface area contributed by atoms with E-state index in [1.807, 2.05) is 10.9 Å². The van der Waals surface area contributed by atoms with Crippen molar-refractivity contribution in [1.29, 1.82) is 0 Å². The Bertz CT molecular complexity index is 667. The lowest BCUT2D eigenvalue weighted by Crippen LogP contribution is -2.07. The van der Waals surface area contributed by atoms with Crippen LogP contribution in [0.5, 0.6) is 0 Å². The molecule has 0 amide bonds. The molecule has 0 spiro atoms. The van der Waals surface area contributed by atoms with Gasteiger partial charge in [0, 0.05) is 17.9 Å². The van der Waals surface area contributed by atoms with E-state index in [-0.39, 0.29) is 5.25 Å². The second kappa shape index (κ2) is 5.37. The first-order chi connectivity index (χ1) is 10.6. The number of rotatable bonds is 6. The zero-order valence-electron chi connectivity index (χ0n) is 13.3. The first-order valence-corrected chi connectivity index (χ1v) is 9.04. The van der Waals surface area contributed by atoms with Crippen molar-refractivity contribution in [2.75, 3.05) is 0 Å².